The molecule has 0 saturated heterocycles. The van der Waals surface area contributed by atoms with Crippen molar-refractivity contribution in [1.82, 2.24) is 10.6 Å². The van der Waals surface area contributed by atoms with Gasteiger partial charge in [0.05, 0.1) is 0 Å². The lowest BCUT2D eigenvalue weighted by Crippen LogP contribution is -2.44. The van der Waals surface area contributed by atoms with Crippen LogP contribution in [0.5, 0.6) is 0 Å². The average Bonchev–Trinajstić information content (AvgIpc) is 3.19. The maximum Gasteiger partial charge on any atom is 0.407 e. The molecule has 1 aliphatic rings. The fraction of sp³-hybridized carbons (Fsp3) is 0.516. The molecule has 7 nitrogen and oxygen atoms in total. The van der Waals surface area contributed by atoms with Crippen LogP contribution < -0.4 is 10.6 Å². The number of rotatable bonds is 13. The fourth-order valence-electron chi connectivity index (χ4n) is 4.73. The number of ether oxygens (including phenoxy) is 2. The third kappa shape index (κ3) is 8.61. The third-order valence-electron chi connectivity index (χ3n) is 6.58. The molecular weight excluding hydrogens is 480 g/mol. The van der Waals surface area contributed by atoms with Crippen LogP contribution in [0.3, 0.4) is 0 Å². The molecular formula is C31H42N2O5. The van der Waals surface area contributed by atoms with E-state index in [1.807, 2.05) is 24.3 Å². The first-order valence-electron chi connectivity index (χ1n) is 13.8. The molecule has 3 rings (SSSR count). The molecule has 0 fully saturated rings. The van der Waals surface area contributed by atoms with Gasteiger partial charge in [-0.25, -0.2) is 9.59 Å². The minimum absolute atomic E-state index is 0.0545. The molecule has 1 atom stereocenters. The largest absolute Gasteiger partial charge is 0.458 e. The molecule has 2 N–H and O–H groups in total. The van der Waals surface area contributed by atoms with Crippen LogP contribution in [-0.2, 0) is 19.1 Å². The van der Waals surface area contributed by atoms with E-state index in [4.69, 9.17) is 9.47 Å². The van der Waals surface area contributed by atoms with Crippen LogP contribution >= 0.6 is 0 Å². The third-order valence-corrected chi connectivity index (χ3v) is 6.58. The topological polar surface area (TPSA) is 93.7 Å². The highest BCUT2D eigenvalue weighted by atomic mass is 16.6. The zero-order valence-electron chi connectivity index (χ0n) is 23.2. The number of esters is 1. The van der Waals surface area contributed by atoms with Crippen LogP contribution in [0, 0.1) is 0 Å². The minimum atomic E-state index is -0.829. The van der Waals surface area contributed by atoms with Gasteiger partial charge in [-0.1, -0.05) is 68.3 Å². The standard InChI is InChI=1S/C31H42N2O5/c1-5-6-7-19-28(34)32-20-13-12-18-27(29(35)38-31(2,3)4)33-30(36)37-21-26-24-16-10-8-14-22(24)23-15-9-11-17-25(23)26/h8-11,14-17,26-27H,5-7,12-13,18-21H2,1-4H3,(H,32,34)(H,33,36)/t27-/m0/s1. The van der Waals surface area contributed by atoms with Gasteiger partial charge in [-0.3, -0.25) is 4.79 Å². The number of carbonyl (C=O) groups is 3. The number of alkyl carbamates (subject to hydrolysis) is 1. The highest BCUT2D eigenvalue weighted by molar-refractivity contribution is 5.82. The Labute approximate surface area is 226 Å². The van der Waals surface area contributed by atoms with Gasteiger partial charge < -0.3 is 20.1 Å². The zero-order chi connectivity index (χ0) is 27.5. The summed E-state index contributed by atoms with van der Waals surface area (Å²) in [5.41, 5.74) is 3.89. The van der Waals surface area contributed by atoms with Gasteiger partial charge >= 0.3 is 12.1 Å². The van der Waals surface area contributed by atoms with Gasteiger partial charge in [0.1, 0.15) is 18.2 Å². The highest BCUT2D eigenvalue weighted by Crippen LogP contribution is 2.44. The van der Waals surface area contributed by atoms with Crippen molar-refractivity contribution in [2.45, 2.75) is 90.2 Å². The summed E-state index contributed by atoms with van der Waals surface area (Å²) in [4.78, 5) is 37.5. The maximum atomic E-state index is 12.8. The number of amides is 2. The molecule has 0 unspecified atom stereocenters. The molecule has 2 aromatic rings. The zero-order valence-corrected chi connectivity index (χ0v) is 23.2. The number of hydrogen-bond donors (Lipinski definition) is 2. The Morgan fingerprint density at radius 2 is 1.53 bits per heavy atom. The van der Waals surface area contributed by atoms with Gasteiger partial charge in [0.25, 0.3) is 0 Å². The predicted molar refractivity (Wildman–Crippen MR) is 149 cm³/mol. The summed E-state index contributed by atoms with van der Waals surface area (Å²) >= 11 is 0. The number of nitrogens with one attached hydrogen (secondary N) is 2. The van der Waals surface area contributed by atoms with Crippen molar-refractivity contribution >= 4 is 18.0 Å². The van der Waals surface area contributed by atoms with Crippen molar-refractivity contribution in [3.8, 4) is 11.1 Å². The van der Waals surface area contributed by atoms with Gasteiger partial charge in [0.2, 0.25) is 5.91 Å². The van der Waals surface area contributed by atoms with Crippen molar-refractivity contribution in [2.75, 3.05) is 13.2 Å². The molecule has 2 aromatic carbocycles. The van der Waals surface area contributed by atoms with Gasteiger partial charge in [-0.2, -0.15) is 0 Å². The normalized spacial score (nSPS) is 13.3. The minimum Gasteiger partial charge on any atom is -0.458 e. The van der Waals surface area contributed by atoms with E-state index >= 15 is 0 Å². The first-order valence-corrected chi connectivity index (χ1v) is 13.8. The molecule has 1 aliphatic carbocycles. The monoisotopic (exact) mass is 522 g/mol. The molecule has 0 aromatic heterocycles. The Balaban J connectivity index is 1.53. The second-order valence-electron chi connectivity index (χ2n) is 10.9. The van der Waals surface area contributed by atoms with E-state index in [0.29, 0.717) is 32.2 Å². The first kappa shape index (κ1) is 29.2. The number of benzene rings is 2. The van der Waals surface area contributed by atoms with E-state index < -0.39 is 23.7 Å². The lowest BCUT2D eigenvalue weighted by Gasteiger charge is -2.24. The number of unbranched alkanes of at least 4 members (excludes halogenated alkanes) is 3. The molecule has 206 valence electrons. The number of fused-ring (bicyclic) bond motifs is 3. The van der Waals surface area contributed by atoms with Gasteiger partial charge in [0, 0.05) is 18.9 Å². The molecule has 0 saturated carbocycles. The van der Waals surface area contributed by atoms with E-state index in [0.717, 1.165) is 41.5 Å². The van der Waals surface area contributed by atoms with E-state index in [9.17, 15) is 14.4 Å². The molecule has 0 bridgehead atoms. The van der Waals surface area contributed by atoms with Crippen molar-refractivity contribution in [3.63, 3.8) is 0 Å². The summed E-state index contributed by atoms with van der Waals surface area (Å²) in [7, 11) is 0. The van der Waals surface area contributed by atoms with E-state index in [2.05, 4.69) is 41.8 Å². The van der Waals surface area contributed by atoms with Crippen LogP contribution in [-0.4, -0.2) is 42.8 Å². The van der Waals surface area contributed by atoms with E-state index in [1.54, 1.807) is 20.8 Å². The molecule has 2 amide bonds. The Morgan fingerprint density at radius 3 is 2.13 bits per heavy atom. The second-order valence-corrected chi connectivity index (χ2v) is 10.9. The summed E-state index contributed by atoms with van der Waals surface area (Å²) in [5.74, 6) is -0.498. The molecule has 0 aliphatic heterocycles. The molecule has 0 radical (unpaired) electrons. The van der Waals surface area contributed by atoms with E-state index in [1.165, 1.54) is 0 Å². The summed E-state index contributed by atoms with van der Waals surface area (Å²) in [6.07, 6.45) is 4.65. The molecule has 0 spiro atoms. The lowest BCUT2D eigenvalue weighted by atomic mass is 9.98. The predicted octanol–water partition coefficient (Wildman–Crippen LogP) is 6.10. The van der Waals surface area contributed by atoms with Crippen molar-refractivity contribution < 1.29 is 23.9 Å². The van der Waals surface area contributed by atoms with Crippen LogP contribution in [0.1, 0.15) is 89.7 Å². The number of carbonyl (C=O) groups excluding carboxylic acids is 3. The fourth-order valence-corrected chi connectivity index (χ4v) is 4.73. The first-order chi connectivity index (χ1) is 18.2. The number of hydrogen-bond acceptors (Lipinski definition) is 5. The molecule has 7 heteroatoms. The summed E-state index contributed by atoms with van der Waals surface area (Å²) in [6.45, 7) is 8.20. The lowest BCUT2D eigenvalue weighted by molar-refractivity contribution is -0.157. The van der Waals surface area contributed by atoms with Crippen molar-refractivity contribution in [2.24, 2.45) is 0 Å². The summed E-state index contributed by atoms with van der Waals surface area (Å²) in [5, 5.41) is 5.65. The van der Waals surface area contributed by atoms with Crippen molar-refractivity contribution in [1.29, 1.82) is 0 Å². The highest BCUT2D eigenvalue weighted by Gasteiger charge is 2.30. The molecule has 0 heterocycles. The Hall–Kier alpha value is -3.35. The van der Waals surface area contributed by atoms with Crippen LogP contribution in [0.4, 0.5) is 4.79 Å². The van der Waals surface area contributed by atoms with Crippen LogP contribution in [0.15, 0.2) is 48.5 Å². The van der Waals surface area contributed by atoms with Crippen LogP contribution in [0.2, 0.25) is 0 Å². The quantitative estimate of drug-likeness (QED) is 0.245. The van der Waals surface area contributed by atoms with Gasteiger partial charge in [0.15, 0.2) is 0 Å². The second kappa shape index (κ2) is 14.0. The maximum absolute atomic E-state index is 12.8. The van der Waals surface area contributed by atoms with Gasteiger partial charge in [-0.05, 0) is 68.7 Å². The summed E-state index contributed by atoms with van der Waals surface area (Å²) in [6, 6.07) is 15.5. The molecule has 38 heavy (non-hydrogen) atoms. The SMILES string of the molecule is CCCCCC(=O)NCCCC[C@H](NC(=O)OCC1c2ccccc2-c2ccccc21)C(=O)OC(C)(C)C. The smallest absolute Gasteiger partial charge is 0.407 e. The Morgan fingerprint density at radius 1 is 0.895 bits per heavy atom. The Bertz CT molecular complexity index is 1050. The van der Waals surface area contributed by atoms with Gasteiger partial charge in [-0.15, -0.1) is 0 Å². The van der Waals surface area contributed by atoms with E-state index in [-0.39, 0.29) is 18.4 Å². The Kier molecular flexibility index (Phi) is 10.7. The summed E-state index contributed by atoms with van der Waals surface area (Å²) < 4.78 is 11.2. The van der Waals surface area contributed by atoms with Crippen LogP contribution in [0.25, 0.3) is 11.1 Å². The van der Waals surface area contributed by atoms with Crippen molar-refractivity contribution in [3.05, 3.63) is 59.7 Å². The average molecular weight is 523 g/mol.